The minimum absolute atomic E-state index is 0.123. The summed E-state index contributed by atoms with van der Waals surface area (Å²) in [5.41, 5.74) is 0.494. The highest BCUT2D eigenvalue weighted by Gasteiger charge is 2.20. The predicted octanol–water partition coefficient (Wildman–Crippen LogP) is 2.59. The molecule has 0 N–H and O–H groups in total. The van der Waals surface area contributed by atoms with Gasteiger partial charge in [0.05, 0.1) is 23.3 Å². The number of hydrogen-bond donors (Lipinski definition) is 0. The standard InChI is InChI=1S/C15H13FO4S/c1-20-15(17)14-8-3-2-5-11(14)10-21(18,19)13-7-4-6-12(16)9-13/h2-9H,10H2,1H3. The fourth-order valence-corrected chi connectivity index (χ4v) is 3.31. The van der Waals surface area contributed by atoms with Crippen molar-refractivity contribution in [1.82, 2.24) is 0 Å². The molecule has 6 heteroatoms. The van der Waals surface area contributed by atoms with Gasteiger partial charge in [0.1, 0.15) is 5.82 Å². The van der Waals surface area contributed by atoms with Crippen LogP contribution in [0.15, 0.2) is 53.4 Å². The van der Waals surface area contributed by atoms with Crippen molar-refractivity contribution < 1.29 is 22.3 Å². The number of methoxy groups -OCH3 is 1. The van der Waals surface area contributed by atoms with Gasteiger partial charge in [-0.05, 0) is 29.8 Å². The highest BCUT2D eigenvalue weighted by atomic mass is 32.2. The van der Waals surface area contributed by atoms with E-state index in [1.54, 1.807) is 12.1 Å². The molecular formula is C15H13FO4S. The van der Waals surface area contributed by atoms with Gasteiger partial charge in [0.25, 0.3) is 0 Å². The van der Waals surface area contributed by atoms with E-state index in [-0.39, 0.29) is 10.5 Å². The lowest BCUT2D eigenvalue weighted by molar-refractivity contribution is 0.0600. The Morgan fingerprint density at radius 3 is 2.52 bits per heavy atom. The van der Waals surface area contributed by atoms with E-state index in [2.05, 4.69) is 4.74 Å². The molecule has 0 radical (unpaired) electrons. The minimum Gasteiger partial charge on any atom is -0.465 e. The van der Waals surface area contributed by atoms with E-state index in [9.17, 15) is 17.6 Å². The number of ether oxygens (including phenoxy) is 1. The lowest BCUT2D eigenvalue weighted by atomic mass is 10.1. The summed E-state index contributed by atoms with van der Waals surface area (Å²) in [6.07, 6.45) is 0. The van der Waals surface area contributed by atoms with Crippen LogP contribution in [-0.2, 0) is 20.3 Å². The van der Waals surface area contributed by atoms with E-state index in [0.717, 1.165) is 6.07 Å². The molecule has 2 rings (SSSR count). The van der Waals surface area contributed by atoms with E-state index in [0.29, 0.717) is 5.56 Å². The van der Waals surface area contributed by atoms with Crippen molar-refractivity contribution in [1.29, 1.82) is 0 Å². The average molecular weight is 308 g/mol. The molecule has 0 aliphatic carbocycles. The molecule has 21 heavy (non-hydrogen) atoms. The lowest BCUT2D eigenvalue weighted by Gasteiger charge is -2.09. The molecule has 0 spiro atoms. The number of sulfone groups is 1. The van der Waals surface area contributed by atoms with E-state index in [1.807, 2.05) is 0 Å². The third-order valence-electron chi connectivity index (χ3n) is 2.92. The van der Waals surface area contributed by atoms with Crippen LogP contribution in [-0.4, -0.2) is 21.5 Å². The Balaban J connectivity index is 2.40. The van der Waals surface area contributed by atoms with Crippen LogP contribution in [0.5, 0.6) is 0 Å². The number of carbonyl (C=O) groups excluding carboxylic acids is 1. The van der Waals surface area contributed by atoms with Crippen LogP contribution < -0.4 is 0 Å². The first kappa shape index (κ1) is 15.2. The van der Waals surface area contributed by atoms with Crippen LogP contribution >= 0.6 is 0 Å². The Morgan fingerprint density at radius 2 is 1.86 bits per heavy atom. The van der Waals surface area contributed by atoms with E-state index in [1.165, 1.54) is 37.4 Å². The van der Waals surface area contributed by atoms with Crippen molar-refractivity contribution >= 4 is 15.8 Å². The molecule has 2 aromatic rings. The van der Waals surface area contributed by atoms with E-state index in [4.69, 9.17) is 0 Å². The number of rotatable bonds is 4. The monoisotopic (exact) mass is 308 g/mol. The fourth-order valence-electron chi connectivity index (χ4n) is 1.90. The zero-order chi connectivity index (χ0) is 15.5. The highest BCUT2D eigenvalue weighted by Crippen LogP contribution is 2.20. The van der Waals surface area contributed by atoms with Gasteiger partial charge >= 0.3 is 5.97 Å². The summed E-state index contributed by atoms with van der Waals surface area (Å²) in [6, 6.07) is 11.0. The zero-order valence-corrected chi connectivity index (χ0v) is 12.1. The molecule has 0 saturated heterocycles. The van der Waals surface area contributed by atoms with Crippen LogP contribution in [0.4, 0.5) is 4.39 Å². The Morgan fingerprint density at radius 1 is 1.14 bits per heavy atom. The smallest absolute Gasteiger partial charge is 0.338 e. The van der Waals surface area contributed by atoms with E-state index < -0.39 is 27.4 Å². The largest absolute Gasteiger partial charge is 0.465 e. The number of esters is 1. The summed E-state index contributed by atoms with van der Waals surface area (Å²) in [5.74, 6) is -1.64. The predicted molar refractivity (Wildman–Crippen MR) is 75.1 cm³/mol. The first-order valence-corrected chi connectivity index (χ1v) is 7.74. The van der Waals surface area contributed by atoms with Gasteiger partial charge in [0.15, 0.2) is 9.84 Å². The molecule has 0 aliphatic rings. The van der Waals surface area contributed by atoms with E-state index >= 15 is 0 Å². The van der Waals surface area contributed by atoms with Crippen molar-refractivity contribution in [3.8, 4) is 0 Å². The maximum Gasteiger partial charge on any atom is 0.338 e. The molecule has 0 amide bonds. The van der Waals surface area contributed by atoms with Crippen LogP contribution in [0.3, 0.4) is 0 Å². The Hall–Kier alpha value is -2.21. The Labute approximate surface area is 122 Å². The van der Waals surface area contributed by atoms with Crippen molar-refractivity contribution in [3.63, 3.8) is 0 Å². The van der Waals surface area contributed by atoms with Gasteiger partial charge in [-0.1, -0.05) is 24.3 Å². The highest BCUT2D eigenvalue weighted by molar-refractivity contribution is 7.90. The molecule has 0 aromatic heterocycles. The maximum absolute atomic E-state index is 13.2. The SMILES string of the molecule is COC(=O)c1ccccc1CS(=O)(=O)c1cccc(F)c1. The minimum atomic E-state index is -3.75. The second-order valence-corrected chi connectivity index (χ2v) is 6.35. The van der Waals surface area contributed by atoms with Crippen LogP contribution in [0.1, 0.15) is 15.9 Å². The van der Waals surface area contributed by atoms with Crippen molar-refractivity contribution in [2.75, 3.05) is 7.11 Å². The van der Waals surface area contributed by atoms with Crippen molar-refractivity contribution in [3.05, 3.63) is 65.5 Å². The summed E-state index contributed by atoms with van der Waals surface area (Å²) in [6.45, 7) is 0. The van der Waals surface area contributed by atoms with Gasteiger partial charge in [-0.25, -0.2) is 17.6 Å². The first-order chi connectivity index (χ1) is 9.94. The van der Waals surface area contributed by atoms with Crippen LogP contribution in [0.25, 0.3) is 0 Å². The van der Waals surface area contributed by atoms with Gasteiger partial charge in [-0.15, -0.1) is 0 Å². The summed E-state index contributed by atoms with van der Waals surface area (Å²) in [5, 5.41) is 0. The third-order valence-corrected chi connectivity index (χ3v) is 4.59. The van der Waals surface area contributed by atoms with Gasteiger partial charge in [0.2, 0.25) is 0 Å². The molecule has 4 nitrogen and oxygen atoms in total. The Bertz CT molecular complexity index is 769. The quantitative estimate of drug-likeness (QED) is 0.815. The lowest BCUT2D eigenvalue weighted by Crippen LogP contribution is -2.11. The van der Waals surface area contributed by atoms with Crippen molar-refractivity contribution in [2.45, 2.75) is 10.6 Å². The molecule has 2 aromatic carbocycles. The average Bonchev–Trinajstić information content (AvgIpc) is 2.46. The summed E-state index contributed by atoms with van der Waals surface area (Å²) < 4.78 is 42.4. The number of halogens is 1. The van der Waals surface area contributed by atoms with Crippen LogP contribution in [0.2, 0.25) is 0 Å². The summed E-state index contributed by atoms with van der Waals surface area (Å²) >= 11 is 0. The molecule has 0 saturated carbocycles. The topological polar surface area (TPSA) is 60.4 Å². The molecule has 110 valence electrons. The molecule has 0 aliphatic heterocycles. The second kappa shape index (κ2) is 6.05. The van der Waals surface area contributed by atoms with Gasteiger partial charge in [-0.3, -0.25) is 0 Å². The second-order valence-electron chi connectivity index (χ2n) is 4.37. The molecule has 0 fully saturated rings. The maximum atomic E-state index is 13.2. The molecular weight excluding hydrogens is 295 g/mol. The normalized spacial score (nSPS) is 11.1. The first-order valence-electron chi connectivity index (χ1n) is 6.08. The third kappa shape index (κ3) is 3.46. The molecule has 0 atom stereocenters. The molecule has 0 heterocycles. The fraction of sp³-hybridized carbons (Fsp3) is 0.133. The summed E-state index contributed by atoms with van der Waals surface area (Å²) in [4.78, 5) is 11.5. The number of carbonyl (C=O) groups is 1. The Kier molecular flexibility index (Phi) is 4.37. The van der Waals surface area contributed by atoms with Crippen LogP contribution in [0, 0.1) is 5.82 Å². The van der Waals surface area contributed by atoms with Gasteiger partial charge in [0, 0.05) is 0 Å². The number of benzene rings is 2. The summed E-state index contributed by atoms with van der Waals surface area (Å²) in [7, 11) is -2.53. The van der Waals surface area contributed by atoms with Gasteiger partial charge in [-0.2, -0.15) is 0 Å². The van der Waals surface area contributed by atoms with Crippen molar-refractivity contribution in [2.24, 2.45) is 0 Å². The molecule has 0 bridgehead atoms. The molecule has 0 unspecified atom stereocenters. The number of hydrogen-bond acceptors (Lipinski definition) is 4. The van der Waals surface area contributed by atoms with Gasteiger partial charge < -0.3 is 4.74 Å². The zero-order valence-electron chi connectivity index (χ0n) is 11.2.